The second-order valence-corrected chi connectivity index (χ2v) is 5.22. The fourth-order valence-corrected chi connectivity index (χ4v) is 2.06. The van der Waals surface area contributed by atoms with Gasteiger partial charge in [0.25, 0.3) is 5.91 Å². The molecule has 0 fully saturated rings. The molecule has 0 aliphatic rings. The second-order valence-electron chi connectivity index (χ2n) is 5.22. The maximum atomic E-state index is 12.0. The van der Waals surface area contributed by atoms with E-state index in [-0.39, 0.29) is 17.9 Å². The van der Waals surface area contributed by atoms with Crippen LogP contribution in [0.3, 0.4) is 0 Å². The van der Waals surface area contributed by atoms with Crippen molar-refractivity contribution in [1.29, 1.82) is 0 Å². The number of para-hydroxylation sites is 1. The molecule has 132 valence electrons. The molecule has 2 amide bonds. The Bertz CT molecular complexity index is 891. The highest BCUT2D eigenvalue weighted by Crippen LogP contribution is 2.13. The lowest BCUT2D eigenvalue weighted by molar-refractivity contribution is -0.605. The zero-order valence-electron chi connectivity index (χ0n) is 13.5. The van der Waals surface area contributed by atoms with E-state index in [0.29, 0.717) is 16.2 Å². The van der Waals surface area contributed by atoms with Gasteiger partial charge < -0.3 is 14.4 Å². The maximum absolute atomic E-state index is 12.0. The quantitative estimate of drug-likeness (QED) is 0.411. The standard InChI is InChI=1S/C18H15N3O5/c22-17(13-8-10-21(24)11-9-13)19-20-18(23)16-7-6-15(26-16)12-25-14-4-2-1-3-5-14/h1-11H,12H2,(H,19,22)(H,20,23). The predicted molar refractivity (Wildman–Crippen MR) is 89.8 cm³/mol. The van der Waals surface area contributed by atoms with Gasteiger partial charge in [0.15, 0.2) is 18.2 Å². The highest BCUT2D eigenvalue weighted by atomic mass is 16.5. The molecule has 26 heavy (non-hydrogen) atoms. The van der Waals surface area contributed by atoms with E-state index in [2.05, 4.69) is 10.9 Å². The summed E-state index contributed by atoms with van der Waals surface area (Å²) in [4.78, 5) is 23.9. The minimum absolute atomic E-state index is 0.0300. The van der Waals surface area contributed by atoms with Crippen molar-refractivity contribution in [3.8, 4) is 5.75 Å². The summed E-state index contributed by atoms with van der Waals surface area (Å²) in [5, 5.41) is 10.9. The van der Waals surface area contributed by atoms with E-state index < -0.39 is 11.8 Å². The summed E-state index contributed by atoms with van der Waals surface area (Å²) in [6.07, 6.45) is 2.37. The Kier molecular flexibility index (Phi) is 5.14. The van der Waals surface area contributed by atoms with Crippen LogP contribution < -0.4 is 20.3 Å². The molecule has 0 aliphatic carbocycles. The van der Waals surface area contributed by atoms with E-state index in [1.165, 1.54) is 30.6 Å². The first-order chi connectivity index (χ1) is 12.6. The van der Waals surface area contributed by atoms with Gasteiger partial charge in [-0.2, -0.15) is 4.73 Å². The van der Waals surface area contributed by atoms with E-state index in [0.717, 1.165) is 0 Å². The lowest BCUT2D eigenvalue weighted by Gasteiger charge is -2.06. The fourth-order valence-electron chi connectivity index (χ4n) is 2.06. The van der Waals surface area contributed by atoms with Gasteiger partial charge in [-0.3, -0.25) is 20.4 Å². The molecule has 0 spiro atoms. The molecule has 2 N–H and O–H groups in total. The Hall–Kier alpha value is -3.81. The number of benzene rings is 1. The number of furan rings is 1. The number of nitrogens with one attached hydrogen (secondary N) is 2. The number of hydrogen-bond acceptors (Lipinski definition) is 5. The van der Waals surface area contributed by atoms with Crippen molar-refractivity contribution in [2.24, 2.45) is 0 Å². The van der Waals surface area contributed by atoms with E-state index >= 15 is 0 Å². The van der Waals surface area contributed by atoms with Gasteiger partial charge >= 0.3 is 5.91 Å². The van der Waals surface area contributed by atoms with Crippen LogP contribution in [0, 0.1) is 5.21 Å². The van der Waals surface area contributed by atoms with Gasteiger partial charge in [-0.1, -0.05) is 18.2 Å². The van der Waals surface area contributed by atoms with Crippen molar-refractivity contribution in [3.63, 3.8) is 0 Å². The number of carbonyl (C=O) groups excluding carboxylic acids is 2. The molecular formula is C18H15N3O5. The topological polar surface area (TPSA) is 108 Å². The van der Waals surface area contributed by atoms with Crippen LogP contribution in [0.5, 0.6) is 5.75 Å². The van der Waals surface area contributed by atoms with Crippen molar-refractivity contribution in [2.45, 2.75) is 6.61 Å². The van der Waals surface area contributed by atoms with Crippen LogP contribution in [0.1, 0.15) is 26.7 Å². The maximum Gasteiger partial charge on any atom is 0.305 e. The summed E-state index contributed by atoms with van der Waals surface area (Å²) in [7, 11) is 0. The third-order valence-electron chi connectivity index (χ3n) is 3.36. The average Bonchev–Trinajstić information content (AvgIpc) is 3.15. The molecule has 8 nitrogen and oxygen atoms in total. The van der Waals surface area contributed by atoms with E-state index in [9.17, 15) is 14.8 Å². The normalized spacial score (nSPS) is 10.2. The minimum Gasteiger partial charge on any atom is -0.619 e. The molecule has 1 aromatic carbocycles. The third-order valence-corrected chi connectivity index (χ3v) is 3.36. The molecular weight excluding hydrogens is 338 g/mol. The number of nitrogens with zero attached hydrogens (tertiary/aromatic N) is 1. The first-order valence-electron chi connectivity index (χ1n) is 7.68. The summed E-state index contributed by atoms with van der Waals surface area (Å²) < 4.78 is 11.5. The highest BCUT2D eigenvalue weighted by molar-refractivity contribution is 5.97. The summed E-state index contributed by atoms with van der Waals surface area (Å²) in [5.74, 6) is 0.0116. The lowest BCUT2D eigenvalue weighted by Crippen LogP contribution is -2.41. The summed E-state index contributed by atoms with van der Waals surface area (Å²) in [5.41, 5.74) is 4.71. The number of amides is 2. The third kappa shape index (κ3) is 4.38. The van der Waals surface area contributed by atoms with Gasteiger partial charge in [0.2, 0.25) is 0 Å². The molecule has 3 aromatic rings. The van der Waals surface area contributed by atoms with Crippen LogP contribution in [-0.2, 0) is 6.61 Å². The largest absolute Gasteiger partial charge is 0.619 e. The number of pyridine rings is 1. The highest BCUT2D eigenvalue weighted by Gasteiger charge is 2.13. The Balaban J connectivity index is 1.51. The smallest absolute Gasteiger partial charge is 0.305 e. The van der Waals surface area contributed by atoms with Crippen molar-refractivity contribution in [3.05, 3.63) is 89.3 Å². The fraction of sp³-hybridized carbons (Fsp3) is 0.0556. The van der Waals surface area contributed by atoms with Gasteiger partial charge in [0.1, 0.15) is 18.1 Å². The molecule has 0 aliphatic heterocycles. The number of aromatic nitrogens is 1. The Morgan fingerprint density at radius 1 is 0.962 bits per heavy atom. The molecule has 0 bridgehead atoms. The SMILES string of the molecule is O=C(NNC(=O)c1ccc(COc2ccccc2)o1)c1cc[n+]([O-])cc1. The van der Waals surface area contributed by atoms with Crippen molar-refractivity contribution in [1.82, 2.24) is 10.9 Å². The molecule has 0 atom stereocenters. The second kappa shape index (κ2) is 7.84. The Morgan fingerprint density at radius 2 is 1.65 bits per heavy atom. The van der Waals surface area contributed by atoms with Crippen LogP contribution in [-0.4, -0.2) is 11.8 Å². The van der Waals surface area contributed by atoms with Crippen LogP contribution in [0.25, 0.3) is 0 Å². The number of hydrazine groups is 1. The van der Waals surface area contributed by atoms with Crippen LogP contribution >= 0.6 is 0 Å². The Morgan fingerprint density at radius 3 is 2.38 bits per heavy atom. The number of ether oxygens (including phenoxy) is 1. The first-order valence-corrected chi connectivity index (χ1v) is 7.68. The van der Waals surface area contributed by atoms with Gasteiger partial charge in [-0.15, -0.1) is 0 Å². The Labute approximate surface area is 148 Å². The van der Waals surface area contributed by atoms with E-state index in [1.807, 2.05) is 30.3 Å². The summed E-state index contributed by atoms with van der Waals surface area (Å²) >= 11 is 0. The van der Waals surface area contributed by atoms with Crippen molar-refractivity contribution >= 4 is 11.8 Å². The lowest BCUT2D eigenvalue weighted by atomic mass is 10.2. The number of hydrogen-bond donors (Lipinski definition) is 2. The van der Waals surface area contributed by atoms with Crippen molar-refractivity contribution in [2.75, 3.05) is 0 Å². The van der Waals surface area contributed by atoms with Crippen molar-refractivity contribution < 1.29 is 23.5 Å². The molecule has 3 rings (SSSR count). The zero-order valence-corrected chi connectivity index (χ0v) is 13.5. The minimum atomic E-state index is -0.612. The average molecular weight is 353 g/mol. The summed E-state index contributed by atoms with van der Waals surface area (Å²) in [6, 6.07) is 15.0. The van der Waals surface area contributed by atoms with Gasteiger partial charge in [0, 0.05) is 12.1 Å². The van der Waals surface area contributed by atoms with Crippen LogP contribution in [0.4, 0.5) is 0 Å². The molecule has 0 saturated heterocycles. The van der Waals surface area contributed by atoms with Crippen LogP contribution in [0.15, 0.2) is 71.4 Å². The zero-order chi connectivity index (χ0) is 18.4. The molecule has 0 saturated carbocycles. The predicted octanol–water partition coefficient (Wildman–Crippen LogP) is 1.57. The molecule has 0 unspecified atom stereocenters. The van der Waals surface area contributed by atoms with Gasteiger partial charge in [0.05, 0.1) is 5.56 Å². The number of carbonyl (C=O) groups is 2. The summed E-state index contributed by atoms with van der Waals surface area (Å²) in [6.45, 7) is 0.170. The van der Waals surface area contributed by atoms with Crippen LogP contribution in [0.2, 0.25) is 0 Å². The van der Waals surface area contributed by atoms with E-state index in [1.54, 1.807) is 6.07 Å². The van der Waals surface area contributed by atoms with E-state index in [4.69, 9.17) is 9.15 Å². The molecule has 8 heteroatoms. The molecule has 2 heterocycles. The number of rotatable bonds is 5. The first kappa shape index (κ1) is 17.0. The van der Waals surface area contributed by atoms with Gasteiger partial charge in [-0.25, -0.2) is 0 Å². The molecule has 0 radical (unpaired) electrons. The molecule has 2 aromatic heterocycles. The monoisotopic (exact) mass is 353 g/mol. The van der Waals surface area contributed by atoms with Gasteiger partial charge in [-0.05, 0) is 24.3 Å².